The van der Waals surface area contributed by atoms with Gasteiger partial charge in [-0.3, -0.25) is 4.79 Å². The number of nitrogens with two attached hydrogens (primary N) is 1. The molecule has 0 spiro atoms. The number of carbonyl (C=O) groups is 1. The second kappa shape index (κ2) is 6.52. The maximum atomic E-state index is 12.2. The van der Waals surface area contributed by atoms with Gasteiger partial charge in [-0.05, 0) is 30.9 Å². The van der Waals surface area contributed by atoms with Gasteiger partial charge in [-0.15, -0.1) is 0 Å². The molecule has 0 saturated carbocycles. The van der Waals surface area contributed by atoms with Crippen LogP contribution in [0.2, 0.25) is 0 Å². The predicted octanol–water partition coefficient (Wildman–Crippen LogP) is 3.11. The summed E-state index contributed by atoms with van der Waals surface area (Å²) in [4.78, 5) is 12.2. The number of hydrogen-bond donors (Lipinski definition) is 2. The van der Waals surface area contributed by atoms with Crippen LogP contribution in [0.25, 0.3) is 0 Å². The van der Waals surface area contributed by atoms with Crippen LogP contribution in [0.4, 0.5) is 5.69 Å². The third-order valence-electron chi connectivity index (χ3n) is 3.56. The van der Waals surface area contributed by atoms with Crippen molar-refractivity contribution in [2.45, 2.75) is 29.7 Å². The summed E-state index contributed by atoms with van der Waals surface area (Å²) in [5, 5.41) is 2.91. The van der Waals surface area contributed by atoms with E-state index in [0.717, 1.165) is 17.7 Å². The largest absolute Gasteiger partial charge is 0.327 e. The molecule has 0 fully saturated rings. The molecule has 19 heavy (non-hydrogen) atoms. The van der Waals surface area contributed by atoms with E-state index in [0.29, 0.717) is 16.3 Å². The molecule has 1 aromatic rings. The zero-order valence-electron chi connectivity index (χ0n) is 11.0. The summed E-state index contributed by atoms with van der Waals surface area (Å²) in [5.41, 5.74) is 7.81. The van der Waals surface area contributed by atoms with Crippen LogP contribution in [0.3, 0.4) is 0 Å². The highest BCUT2D eigenvalue weighted by Crippen LogP contribution is 2.29. The maximum Gasteiger partial charge on any atom is 0.251 e. The summed E-state index contributed by atoms with van der Waals surface area (Å²) in [6, 6.07) is 9.59. The Balaban J connectivity index is 2.01. The number of anilines is 1. The third kappa shape index (κ3) is 3.79. The van der Waals surface area contributed by atoms with E-state index < -0.39 is 0 Å². The second-order valence-corrected chi connectivity index (χ2v) is 6.96. The molecule has 0 radical (unpaired) electrons. The number of para-hydroxylation sites is 1. The highest BCUT2D eigenvalue weighted by atomic mass is 127. The number of allylic oxidation sites excluding steroid dienone is 1. The van der Waals surface area contributed by atoms with Crippen molar-refractivity contribution in [2.24, 2.45) is 11.7 Å². The molecule has 1 aliphatic rings. The molecule has 4 heteroatoms. The van der Waals surface area contributed by atoms with Crippen molar-refractivity contribution >= 4 is 34.2 Å². The fraction of sp³-hybridized carbons (Fsp3) is 0.400. The normalized spacial score (nSPS) is 24.5. The average Bonchev–Trinajstić information content (AvgIpc) is 2.39. The van der Waals surface area contributed by atoms with E-state index in [9.17, 15) is 4.79 Å². The summed E-state index contributed by atoms with van der Waals surface area (Å²) in [7, 11) is 0. The van der Waals surface area contributed by atoms with E-state index >= 15 is 0 Å². The SMILES string of the molecule is CC(I)[C@H]1CC=C(C(=O)Nc2ccccc2)C[C@@H]1N. The second-order valence-electron chi connectivity index (χ2n) is 4.99. The van der Waals surface area contributed by atoms with Gasteiger partial charge in [0, 0.05) is 21.2 Å². The summed E-state index contributed by atoms with van der Waals surface area (Å²) in [6.07, 6.45) is 3.60. The molecule has 0 bridgehead atoms. The predicted molar refractivity (Wildman–Crippen MR) is 87.3 cm³/mol. The van der Waals surface area contributed by atoms with Crippen molar-refractivity contribution in [1.82, 2.24) is 0 Å². The minimum Gasteiger partial charge on any atom is -0.327 e. The Morgan fingerprint density at radius 2 is 2.11 bits per heavy atom. The number of rotatable bonds is 3. The van der Waals surface area contributed by atoms with Crippen molar-refractivity contribution in [3.63, 3.8) is 0 Å². The molecule has 2 rings (SSSR count). The Hall–Kier alpha value is -0.880. The first-order chi connectivity index (χ1) is 9.08. The van der Waals surface area contributed by atoms with Gasteiger partial charge >= 0.3 is 0 Å². The van der Waals surface area contributed by atoms with Gasteiger partial charge in [-0.25, -0.2) is 0 Å². The molecular formula is C15H19IN2O. The number of amides is 1. The van der Waals surface area contributed by atoms with E-state index in [1.54, 1.807) is 0 Å². The summed E-state index contributed by atoms with van der Waals surface area (Å²) >= 11 is 2.41. The molecule has 0 heterocycles. The average molecular weight is 370 g/mol. The number of hydrogen-bond acceptors (Lipinski definition) is 2. The van der Waals surface area contributed by atoms with Crippen LogP contribution in [-0.4, -0.2) is 15.9 Å². The van der Waals surface area contributed by atoms with Gasteiger partial charge in [-0.1, -0.05) is 53.8 Å². The van der Waals surface area contributed by atoms with Gasteiger partial charge in [0.25, 0.3) is 5.91 Å². The molecule has 1 aliphatic carbocycles. The van der Waals surface area contributed by atoms with Crippen LogP contribution in [0.5, 0.6) is 0 Å². The Bertz CT molecular complexity index is 470. The molecule has 0 saturated heterocycles. The number of benzene rings is 1. The standard InChI is InChI=1S/C15H19IN2O/c1-10(16)13-8-7-11(9-14(13)17)15(19)18-12-5-3-2-4-6-12/h2-7,10,13-14H,8-9,17H2,1H3,(H,18,19)/t10?,13-,14+/m1/s1. The molecule has 3 N–H and O–H groups in total. The smallest absolute Gasteiger partial charge is 0.251 e. The first kappa shape index (κ1) is 14.5. The first-order valence-electron chi connectivity index (χ1n) is 6.53. The van der Waals surface area contributed by atoms with Gasteiger partial charge in [0.2, 0.25) is 0 Å². The van der Waals surface area contributed by atoms with Crippen LogP contribution in [0.15, 0.2) is 42.0 Å². The maximum absolute atomic E-state index is 12.2. The number of carbonyl (C=O) groups excluding carboxylic acids is 1. The zero-order chi connectivity index (χ0) is 13.8. The van der Waals surface area contributed by atoms with E-state index in [4.69, 9.17) is 5.73 Å². The number of alkyl halides is 1. The fourth-order valence-corrected chi connectivity index (χ4v) is 3.22. The summed E-state index contributed by atoms with van der Waals surface area (Å²) in [6.45, 7) is 2.17. The Morgan fingerprint density at radius 1 is 1.42 bits per heavy atom. The molecule has 1 aromatic carbocycles. The minimum absolute atomic E-state index is 0.0267. The molecule has 3 nitrogen and oxygen atoms in total. The van der Waals surface area contributed by atoms with Gasteiger partial charge in [0.1, 0.15) is 0 Å². The monoisotopic (exact) mass is 370 g/mol. The Labute approximate surface area is 127 Å². The fourth-order valence-electron chi connectivity index (χ4n) is 2.39. The number of nitrogens with one attached hydrogen (secondary N) is 1. The van der Waals surface area contributed by atoms with Crippen LogP contribution < -0.4 is 11.1 Å². The first-order valence-corrected chi connectivity index (χ1v) is 7.77. The molecule has 1 amide bonds. The van der Waals surface area contributed by atoms with E-state index in [1.165, 1.54) is 0 Å². The van der Waals surface area contributed by atoms with E-state index in [1.807, 2.05) is 36.4 Å². The molecule has 3 atom stereocenters. The van der Waals surface area contributed by atoms with Crippen LogP contribution in [0.1, 0.15) is 19.8 Å². The molecular weight excluding hydrogens is 351 g/mol. The molecule has 102 valence electrons. The van der Waals surface area contributed by atoms with Crippen molar-refractivity contribution in [2.75, 3.05) is 5.32 Å². The van der Waals surface area contributed by atoms with Crippen molar-refractivity contribution in [3.8, 4) is 0 Å². The van der Waals surface area contributed by atoms with E-state index in [2.05, 4.69) is 34.8 Å². The van der Waals surface area contributed by atoms with Gasteiger partial charge in [0.15, 0.2) is 0 Å². The van der Waals surface area contributed by atoms with Crippen LogP contribution in [-0.2, 0) is 4.79 Å². The lowest BCUT2D eigenvalue weighted by Crippen LogP contribution is -2.38. The van der Waals surface area contributed by atoms with Crippen molar-refractivity contribution in [1.29, 1.82) is 0 Å². The Kier molecular flexibility index (Phi) is 4.99. The quantitative estimate of drug-likeness (QED) is 0.635. The van der Waals surface area contributed by atoms with Crippen molar-refractivity contribution in [3.05, 3.63) is 42.0 Å². The van der Waals surface area contributed by atoms with E-state index in [-0.39, 0.29) is 11.9 Å². The number of halogens is 1. The zero-order valence-corrected chi connectivity index (χ0v) is 13.1. The topological polar surface area (TPSA) is 55.1 Å². The van der Waals surface area contributed by atoms with Crippen molar-refractivity contribution < 1.29 is 4.79 Å². The lowest BCUT2D eigenvalue weighted by Gasteiger charge is -2.30. The van der Waals surface area contributed by atoms with Crippen LogP contribution >= 0.6 is 22.6 Å². The molecule has 1 unspecified atom stereocenters. The van der Waals surface area contributed by atoms with Gasteiger partial charge < -0.3 is 11.1 Å². The molecule has 0 aromatic heterocycles. The lowest BCUT2D eigenvalue weighted by atomic mass is 9.83. The minimum atomic E-state index is -0.0267. The lowest BCUT2D eigenvalue weighted by molar-refractivity contribution is -0.113. The van der Waals surface area contributed by atoms with Crippen LogP contribution in [0, 0.1) is 5.92 Å². The summed E-state index contributed by atoms with van der Waals surface area (Å²) < 4.78 is 0.530. The highest BCUT2D eigenvalue weighted by molar-refractivity contribution is 14.1. The highest BCUT2D eigenvalue weighted by Gasteiger charge is 2.28. The molecule has 0 aliphatic heterocycles. The Morgan fingerprint density at radius 3 is 2.68 bits per heavy atom. The van der Waals surface area contributed by atoms with Gasteiger partial charge in [0.05, 0.1) is 0 Å². The third-order valence-corrected chi connectivity index (χ3v) is 4.48. The summed E-state index contributed by atoms with van der Waals surface area (Å²) in [5.74, 6) is 0.440. The van der Waals surface area contributed by atoms with Gasteiger partial charge in [-0.2, -0.15) is 0 Å².